The first-order chi connectivity index (χ1) is 18.9. The Morgan fingerprint density at radius 1 is 1.16 bits per heavy atom. The molecule has 0 radical (unpaired) electrons. The molecule has 1 amide bonds. The Labute approximate surface area is 245 Å². The number of aliphatic carboxylic acids is 1. The summed E-state index contributed by atoms with van der Waals surface area (Å²) in [5.41, 5.74) is -6.19. The van der Waals surface area contributed by atoms with Gasteiger partial charge in [0.05, 0.1) is 29.1 Å². The fourth-order valence-electron chi connectivity index (χ4n) is 2.83. The van der Waals surface area contributed by atoms with Crippen molar-refractivity contribution in [1.29, 1.82) is 0 Å². The number of carboxylic acid groups (broad SMARTS) is 1. The SMILES string of the molecule is CC(C)N(C)S(=O)(=O)NC(=O)c1cc(-n2c(=O)cc(C(F)(F)F)n(C)c2=O)c(F)cc1Cl.N.O=C(O)CNCP(=O)(O)O. The Hall–Kier alpha value is -3.17. The zero-order chi connectivity index (χ0) is 33.0. The van der Waals surface area contributed by atoms with Gasteiger partial charge < -0.3 is 21.0 Å². The summed E-state index contributed by atoms with van der Waals surface area (Å²) >= 11 is 5.82. The van der Waals surface area contributed by atoms with Gasteiger partial charge in [-0.1, -0.05) is 11.6 Å². The van der Waals surface area contributed by atoms with Gasteiger partial charge in [0.2, 0.25) is 0 Å². The summed E-state index contributed by atoms with van der Waals surface area (Å²) in [5.74, 6) is -3.78. The van der Waals surface area contributed by atoms with Crippen molar-refractivity contribution < 1.29 is 55.0 Å². The molecule has 1 aromatic heterocycles. The molecule has 0 saturated heterocycles. The highest BCUT2D eigenvalue weighted by molar-refractivity contribution is 7.87. The molecule has 0 saturated carbocycles. The first-order valence-electron chi connectivity index (χ1n) is 11.1. The van der Waals surface area contributed by atoms with Gasteiger partial charge in [-0.2, -0.15) is 25.9 Å². The van der Waals surface area contributed by atoms with Crippen LogP contribution in [0.5, 0.6) is 0 Å². The number of hydrogen-bond acceptors (Lipinski definition) is 9. The molecule has 2 rings (SSSR count). The third-order valence-corrected chi connectivity index (χ3v) is 7.63. The van der Waals surface area contributed by atoms with Crippen molar-refractivity contribution in [3.8, 4) is 5.69 Å². The maximum absolute atomic E-state index is 14.5. The Balaban J connectivity index is 0.00000137. The van der Waals surface area contributed by atoms with Gasteiger partial charge in [-0.3, -0.25) is 28.8 Å². The molecule has 16 nitrogen and oxygen atoms in total. The predicted octanol–water partition coefficient (Wildman–Crippen LogP) is 0.620. The van der Waals surface area contributed by atoms with Crippen molar-refractivity contribution in [1.82, 2.24) is 29.6 Å². The van der Waals surface area contributed by atoms with Crippen molar-refractivity contribution >= 4 is 41.3 Å². The number of carbonyl (C=O) groups excluding carboxylic acids is 1. The number of nitrogens with zero attached hydrogens (tertiary/aromatic N) is 3. The lowest BCUT2D eigenvalue weighted by molar-refractivity contribution is -0.144. The average Bonchev–Trinajstić information content (AvgIpc) is 2.80. The molecule has 0 aliphatic heterocycles. The second-order valence-electron chi connectivity index (χ2n) is 8.52. The molecule has 1 aromatic carbocycles. The summed E-state index contributed by atoms with van der Waals surface area (Å²) in [5, 5.41) is 9.49. The summed E-state index contributed by atoms with van der Waals surface area (Å²) in [6.07, 6.45) is -5.63. The van der Waals surface area contributed by atoms with E-state index >= 15 is 0 Å². The Kier molecular flexibility index (Phi) is 13.9. The highest BCUT2D eigenvalue weighted by Crippen LogP contribution is 2.31. The third-order valence-electron chi connectivity index (χ3n) is 5.05. The van der Waals surface area contributed by atoms with Crippen LogP contribution >= 0.6 is 19.2 Å². The minimum atomic E-state index is -5.04. The van der Waals surface area contributed by atoms with Gasteiger partial charge >= 0.3 is 35.6 Å². The second-order valence-corrected chi connectivity index (χ2v) is 12.3. The van der Waals surface area contributed by atoms with Crippen LogP contribution in [0.3, 0.4) is 0 Å². The van der Waals surface area contributed by atoms with Crippen LogP contribution in [0.1, 0.15) is 29.9 Å². The number of carbonyl (C=O) groups is 2. The zero-order valence-corrected chi connectivity index (χ0v) is 25.2. The summed E-state index contributed by atoms with van der Waals surface area (Å²) in [7, 11) is -6.53. The number of benzene rings is 1. The molecule has 0 aliphatic rings. The number of rotatable bonds is 9. The maximum atomic E-state index is 14.5. The smallest absolute Gasteiger partial charge is 0.431 e. The highest BCUT2D eigenvalue weighted by atomic mass is 35.5. The molecule has 0 aliphatic carbocycles. The zero-order valence-electron chi connectivity index (χ0n) is 22.7. The van der Waals surface area contributed by atoms with Gasteiger partial charge in [0.25, 0.3) is 11.5 Å². The lowest BCUT2D eigenvalue weighted by Crippen LogP contribution is -2.44. The van der Waals surface area contributed by atoms with E-state index in [0.29, 0.717) is 12.1 Å². The molecule has 23 heteroatoms. The van der Waals surface area contributed by atoms with Gasteiger partial charge in [0, 0.05) is 26.2 Å². The standard InChI is InChI=1S/C17H17ClF4N4O5S.C3H8NO5P.H3N/c1-8(2)25(4)32(30,31)23-15(28)9-5-12(11(19)6-10(9)18)26-14(27)7-13(17(20,21)22)24(3)16(26)29;5-3(6)1-4-2-10(7,8)9;/h5-8H,1-4H3,(H,23,28);4H,1-2H2,(H,5,6)(H2,7,8,9);1H3. The van der Waals surface area contributed by atoms with E-state index < -0.39 is 93.8 Å². The van der Waals surface area contributed by atoms with Crippen LogP contribution in [0.4, 0.5) is 17.6 Å². The van der Waals surface area contributed by atoms with Gasteiger partial charge in [-0.05, 0) is 26.0 Å². The molecule has 8 N–H and O–H groups in total. The molecule has 0 atom stereocenters. The number of hydrogen-bond donors (Lipinski definition) is 6. The topological polar surface area (TPSA) is 252 Å². The lowest BCUT2D eigenvalue weighted by atomic mass is 10.1. The van der Waals surface area contributed by atoms with Crippen LogP contribution in [-0.2, 0) is 32.8 Å². The van der Waals surface area contributed by atoms with Gasteiger partial charge in [-0.25, -0.2) is 18.5 Å². The normalized spacial score (nSPS) is 11.9. The molecular weight excluding hydrogens is 659 g/mol. The van der Waals surface area contributed by atoms with E-state index in [1.165, 1.54) is 20.9 Å². The lowest BCUT2D eigenvalue weighted by Gasteiger charge is -2.21. The Morgan fingerprint density at radius 2 is 1.70 bits per heavy atom. The number of carboxylic acids is 1. The van der Waals surface area contributed by atoms with Crippen molar-refractivity contribution in [3.05, 3.63) is 61.1 Å². The minimum Gasteiger partial charge on any atom is -0.480 e. The van der Waals surface area contributed by atoms with E-state index in [9.17, 15) is 49.7 Å². The number of alkyl halides is 3. The molecule has 43 heavy (non-hydrogen) atoms. The van der Waals surface area contributed by atoms with E-state index in [4.69, 9.17) is 26.5 Å². The fourth-order valence-corrected chi connectivity index (χ4v) is 4.52. The van der Waals surface area contributed by atoms with Crippen LogP contribution in [0, 0.1) is 5.82 Å². The molecule has 0 spiro atoms. The summed E-state index contributed by atoms with van der Waals surface area (Å²) in [6, 6.07) is 0.660. The number of nitrogens with one attached hydrogen (secondary N) is 2. The molecule has 2 aromatic rings. The van der Waals surface area contributed by atoms with Crippen LogP contribution in [0.15, 0.2) is 27.8 Å². The minimum absolute atomic E-state index is 0. The predicted molar refractivity (Wildman–Crippen MR) is 144 cm³/mol. The van der Waals surface area contributed by atoms with Crippen LogP contribution in [0.2, 0.25) is 5.02 Å². The second kappa shape index (κ2) is 15.0. The van der Waals surface area contributed by atoms with Gasteiger partial charge in [-0.15, -0.1) is 0 Å². The Bertz CT molecular complexity index is 1630. The van der Waals surface area contributed by atoms with E-state index in [-0.39, 0.29) is 21.4 Å². The Morgan fingerprint density at radius 3 is 2.14 bits per heavy atom. The summed E-state index contributed by atoms with van der Waals surface area (Å²) < 4.78 is 90.7. The van der Waals surface area contributed by atoms with Gasteiger partial charge in [0.15, 0.2) is 0 Å². The monoisotopic (exact) mass is 686 g/mol. The summed E-state index contributed by atoms with van der Waals surface area (Å²) in [4.78, 5) is 63.2. The first-order valence-corrected chi connectivity index (χ1v) is 14.7. The third kappa shape index (κ3) is 11.1. The molecule has 0 unspecified atom stereocenters. The first kappa shape index (κ1) is 39.8. The van der Waals surface area contributed by atoms with Crippen molar-refractivity contribution in [3.63, 3.8) is 0 Å². The largest absolute Gasteiger partial charge is 0.480 e. The number of amides is 1. The molecule has 244 valence electrons. The van der Waals surface area contributed by atoms with Crippen molar-refractivity contribution in [2.75, 3.05) is 19.9 Å². The van der Waals surface area contributed by atoms with E-state index in [1.807, 2.05) is 0 Å². The highest BCUT2D eigenvalue weighted by Gasteiger charge is 2.35. The number of halogens is 5. The summed E-state index contributed by atoms with van der Waals surface area (Å²) in [6.45, 7) is 2.62. The number of aromatic nitrogens is 2. The van der Waals surface area contributed by atoms with Crippen LogP contribution in [0.25, 0.3) is 5.69 Å². The van der Waals surface area contributed by atoms with Crippen molar-refractivity contribution in [2.24, 2.45) is 7.05 Å². The van der Waals surface area contributed by atoms with E-state index in [1.54, 1.807) is 4.72 Å². The molecular formula is C20H28ClF4N6O10PS. The van der Waals surface area contributed by atoms with Crippen LogP contribution < -0.4 is 27.4 Å². The van der Waals surface area contributed by atoms with Crippen LogP contribution in [-0.4, -0.2) is 74.5 Å². The van der Waals surface area contributed by atoms with Crippen molar-refractivity contribution in [2.45, 2.75) is 26.1 Å². The average molecular weight is 687 g/mol. The fraction of sp³-hybridized carbons (Fsp3) is 0.400. The maximum Gasteiger partial charge on any atom is 0.431 e. The van der Waals surface area contributed by atoms with E-state index in [0.717, 1.165) is 11.4 Å². The quantitative estimate of drug-likeness (QED) is 0.157. The van der Waals surface area contributed by atoms with Gasteiger partial charge in [0.1, 0.15) is 11.5 Å². The molecule has 1 heterocycles. The molecule has 0 bridgehead atoms. The van der Waals surface area contributed by atoms with E-state index in [2.05, 4.69) is 5.32 Å². The molecule has 0 fully saturated rings.